The molecule has 0 amide bonds. The predicted molar refractivity (Wildman–Crippen MR) is 95.2 cm³/mol. The van der Waals surface area contributed by atoms with E-state index in [1.165, 1.54) is 12.1 Å². The molecule has 3 atom stereocenters. The summed E-state index contributed by atoms with van der Waals surface area (Å²) in [5.41, 5.74) is 3.82. The fourth-order valence-electron chi connectivity index (χ4n) is 3.94. The molecule has 25 heavy (non-hydrogen) atoms. The molecule has 0 spiro atoms. The summed E-state index contributed by atoms with van der Waals surface area (Å²) in [4.78, 5) is 12.0. The van der Waals surface area contributed by atoms with Gasteiger partial charge in [-0.3, -0.25) is 0 Å². The predicted octanol–water partition coefficient (Wildman–Crippen LogP) is 4.83. The Morgan fingerprint density at radius 3 is 2.80 bits per heavy atom. The van der Waals surface area contributed by atoms with Crippen LogP contribution in [-0.4, -0.2) is 12.6 Å². The van der Waals surface area contributed by atoms with Crippen LogP contribution in [0.5, 0.6) is 0 Å². The monoisotopic (exact) mass is 337 g/mol. The molecule has 1 heterocycles. The molecule has 2 aliphatic rings. The molecule has 1 N–H and O–H groups in total. The number of ether oxygens (including phenoxy) is 1. The Balaban J connectivity index is 1.71. The Labute approximate surface area is 146 Å². The molecule has 0 saturated heterocycles. The van der Waals surface area contributed by atoms with Crippen molar-refractivity contribution >= 4 is 11.7 Å². The average molecular weight is 337 g/mol. The standard InChI is InChI=1S/C21H20FNO2/c1-2-25-21(24)14-8-11-19-18(12-14)16-4-3-5-17(16)20(23-19)13-6-9-15(22)10-7-13/h3-4,6-12,16-17,20,23H,2,5H2,1H3/t16-,17-,20+/m1/s1. The highest BCUT2D eigenvalue weighted by molar-refractivity contribution is 5.90. The lowest BCUT2D eigenvalue weighted by Gasteiger charge is -2.37. The third-order valence-corrected chi connectivity index (χ3v) is 5.10. The first kappa shape index (κ1) is 15.9. The number of hydrogen-bond donors (Lipinski definition) is 1. The minimum atomic E-state index is -0.288. The highest BCUT2D eigenvalue weighted by Gasteiger charge is 2.38. The van der Waals surface area contributed by atoms with Crippen LogP contribution in [0, 0.1) is 11.7 Å². The largest absolute Gasteiger partial charge is 0.462 e. The van der Waals surface area contributed by atoms with E-state index in [0.717, 1.165) is 23.2 Å². The molecule has 4 rings (SSSR count). The van der Waals surface area contributed by atoms with E-state index in [4.69, 9.17) is 4.74 Å². The van der Waals surface area contributed by atoms with Gasteiger partial charge in [-0.2, -0.15) is 0 Å². The van der Waals surface area contributed by atoms with E-state index in [2.05, 4.69) is 17.5 Å². The summed E-state index contributed by atoms with van der Waals surface area (Å²) in [5.74, 6) is 0.0979. The average Bonchev–Trinajstić information content (AvgIpc) is 3.11. The van der Waals surface area contributed by atoms with E-state index in [1.54, 1.807) is 13.0 Å². The molecule has 0 fully saturated rings. The van der Waals surface area contributed by atoms with Gasteiger partial charge in [0.25, 0.3) is 0 Å². The van der Waals surface area contributed by atoms with Crippen LogP contribution in [0.1, 0.15) is 46.8 Å². The Morgan fingerprint density at radius 1 is 1.24 bits per heavy atom. The molecule has 2 aromatic carbocycles. The lowest BCUT2D eigenvalue weighted by molar-refractivity contribution is 0.0526. The molecule has 128 valence electrons. The van der Waals surface area contributed by atoms with Crippen molar-refractivity contribution in [2.75, 3.05) is 11.9 Å². The summed E-state index contributed by atoms with van der Waals surface area (Å²) in [6, 6.07) is 12.5. The molecular formula is C21H20FNO2. The second-order valence-corrected chi connectivity index (χ2v) is 6.55. The first-order valence-electron chi connectivity index (χ1n) is 8.67. The van der Waals surface area contributed by atoms with Crippen LogP contribution in [-0.2, 0) is 4.74 Å². The van der Waals surface area contributed by atoms with Gasteiger partial charge in [-0.25, -0.2) is 9.18 Å². The maximum atomic E-state index is 13.3. The number of carbonyl (C=O) groups excluding carboxylic acids is 1. The summed E-state index contributed by atoms with van der Waals surface area (Å²) >= 11 is 0. The Hall–Kier alpha value is -2.62. The topological polar surface area (TPSA) is 38.3 Å². The number of fused-ring (bicyclic) bond motifs is 3. The van der Waals surface area contributed by atoms with Crippen molar-refractivity contribution < 1.29 is 13.9 Å². The van der Waals surface area contributed by atoms with E-state index in [0.29, 0.717) is 18.1 Å². The minimum absolute atomic E-state index is 0.126. The van der Waals surface area contributed by atoms with Crippen LogP contribution in [0.4, 0.5) is 10.1 Å². The van der Waals surface area contributed by atoms with Gasteiger partial charge in [-0.05, 0) is 60.7 Å². The molecule has 0 saturated carbocycles. The number of rotatable bonds is 3. The zero-order chi connectivity index (χ0) is 17.4. The van der Waals surface area contributed by atoms with Gasteiger partial charge in [-0.1, -0.05) is 24.3 Å². The van der Waals surface area contributed by atoms with Gasteiger partial charge in [0, 0.05) is 11.6 Å². The van der Waals surface area contributed by atoms with Crippen LogP contribution in [0.25, 0.3) is 0 Å². The summed E-state index contributed by atoms with van der Waals surface area (Å²) in [6.45, 7) is 2.17. The number of carbonyl (C=O) groups is 1. The normalized spacial score (nSPS) is 23.5. The maximum absolute atomic E-state index is 13.3. The van der Waals surface area contributed by atoms with Gasteiger partial charge >= 0.3 is 5.97 Å². The highest BCUT2D eigenvalue weighted by atomic mass is 19.1. The molecule has 0 aromatic heterocycles. The number of benzene rings is 2. The minimum Gasteiger partial charge on any atom is -0.462 e. The van der Waals surface area contributed by atoms with Crippen LogP contribution in [0.2, 0.25) is 0 Å². The summed E-state index contributed by atoms with van der Waals surface area (Å²) in [6.07, 6.45) is 5.37. The van der Waals surface area contributed by atoms with Crippen molar-refractivity contribution in [3.63, 3.8) is 0 Å². The molecule has 0 bridgehead atoms. The number of esters is 1. The van der Waals surface area contributed by atoms with Gasteiger partial charge in [0.1, 0.15) is 5.82 Å². The maximum Gasteiger partial charge on any atom is 0.338 e. The van der Waals surface area contributed by atoms with Crippen LogP contribution in [0.3, 0.4) is 0 Å². The molecule has 3 nitrogen and oxygen atoms in total. The molecule has 0 radical (unpaired) electrons. The summed E-state index contributed by atoms with van der Waals surface area (Å²) in [7, 11) is 0. The quantitative estimate of drug-likeness (QED) is 0.644. The molecular weight excluding hydrogens is 317 g/mol. The van der Waals surface area contributed by atoms with Crippen molar-refractivity contribution in [2.24, 2.45) is 5.92 Å². The number of nitrogens with one attached hydrogen (secondary N) is 1. The number of anilines is 1. The second-order valence-electron chi connectivity index (χ2n) is 6.55. The third kappa shape index (κ3) is 2.82. The van der Waals surface area contributed by atoms with Crippen LogP contribution >= 0.6 is 0 Å². The van der Waals surface area contributed by atoms with Crippen molar-refractivity contribution in [1.29, 1.82) is 0 Å². The first-order chi connectivity index (χ1) is 12.2. The molecule has 4 heteroatoms. The molecule has 0 unspecified atom stereocenters. The summed E-state index contributed by atoms with van der Waals surface area (Å²) in [5, 5.41) is 3.59. The second kappa shape index (κ2) is 6.36. The molecule has 1 aliphatic heterocycles. The number of hydrogen-bond acceptors (Lipinski definition) is 3. The van der Waals surface area contributed by atoms with Crippen molar-refractivity contribution in [3.05, 3.63) is 77.1 Å². The summed E-state index contributed by atoms with van der Waals surface area (Å²) < 4.78 is 18.4. The zero-order valence-corrected chi connectivity index (χ0v) is 14.0. The fourth-order valence-corrected chi connectivity index (χ4v) is 3.94. The van der Waals surface area contributed by atoms with E-state index in [-0.39, 0.29) is 23.7 Å². The number of halogens is 1. The van der Waals surface area contributed by atoms with Gasteiger partial charge in [-0.15, -0.1) is 0 Å². The Morgan fingerprint density at radius 2 is 2.04 bits per heavy atom. The number of allylic oxidation sites excluding steroid dienone is 2. The van der Waals surface area contributed by atoms with Crippen molar-refractivity contribution in [3.8, 4) is 0 Å². The van der Waals surface area contributed by atoms with Crippen molar-refractivity contribution in [2.45, 2.75) is 25.3 Å². The van der Waals surface area contributed by atoms with Crippen LogP contribution in [0.15, 0.2) is 54.6 Å². The smallest absolute Gasteiger partial charge is 0.338 e. The third-order valence-electron chi connectivity index (χ3n) is 5.10. The van der Waals surface area contributed by atoms with Crippen molar-refractivity contribution in [1.82, 2.24) is 0 Å². The van der Waals surface area contributed by atoms with E-state index in [9.17, 15) is 9.18 Å². The van der Waals surface area contributed by atoms with Crippen LogP contribution < -0.4 is 5.32 Å². The van der Waals surface area contributed by atoms with Gasteiger partial charge in [0.05, 0.1) is 18.2 Å². The SMILES string of the molecule is CCOC(=O)c1ccc2c(c1)[C@@H]1C=CC[C@H]1[C@H](c1ccc(F)cc1)N2. The highest BCUT2D eigenvalue weighted by Crippen LogP contribution is 2.49. The van der Waals surface area contributed by atoms with Gasteiger partial charge in [0.15, 0.2) is 0 Å². The molecule has 2 aromatic rings. The van der Waals surface area contributed by atoms with Gasteiger partial charge < -0.3 is 10.1 Å². The van der Waals surface area contributed by atoms with E-state index < -0.39 is 0 Å². The Bertz CT molecular complexity index is 828. The lowest BCUT2D eigenvalue weighted by Crippen LogP contribution is -2.29. The van der Waals surface area contributed by atoms with E-state index >= 15 is 0 Å². The fraction of sp³-hybridized carbons (Fsp3) is 0.286. The zero-order valence-electron chi connectivity index (χ0n) is 14.0. The first-order valence-corrected chi connectivity index (χ1v) is 8.67. The lowest BCUT2D eigenvalue weighted by atomic mass is 9.76. The molecule has 1 aliphatic carbocycles. The van der Waals surface area contributed by atoms with Gasteiger partial charge in [0.2, 0.25) is 0 Å². The van der Waals surface area contributed by atoms with E-state index in [1.807, 2.05) is 24.3 Å². The Kier molecular flexibility index (Phi) is 4.04.